The number of aliphatic hydroxyl groups is 2. The molecule has 2 N–H and O–H groups in total. The van der Waals surface area contributed by atoms with Gasteiger partial charge < -0.3 is 14.9 Å². The predicted molar refractivity (Wildman–Crippen MR) is 118 cm³/mol. The number of aliphatic hydroxyl groups excluding tert-OH is 1. The predicted octanol–water partition coefficient (Wildman–Crippen LogP) is 2.42. The maximum absolute atomic E-state index is 17.1. The van der Waals surface area contributed by atoms with Crippen molar-refractivity contribution in [3.05, 3.63) is 23.8 Å². The molecule has 8 heteroatoms. The maximum Gasteiger partial charge on any atom is 0.312 e. The van der Waals surface area contributed by atoms with Gasteiger partial charge in [-0.3, -0.25) is 14.4 Å². The van der Waals surface area contributed by atoms with Gasteiger partial charge in [0.05, 0.1) is 24.9 Å². The monoisotopic (exact) mass is 466 g/mol. The molecule has 0 saturated heterocycles. The highest BCUT2D eigenvalue weighted by Crippen LogP contribution is 2.70. The van der Waals surface area contributed by atoms with Crippen LogP contribution in [0.1, 0.15) is 39.5 Å². The first-order valence-electron chi connectivity index (χ1n) is 11.1. The molecule has 4 aliphatic carbocycles. The van der Waals surface area contributed by atoms with Crippen LogP contribution in [0.2, 0.25) is 0 Å². The van der Waals surface area contributed by atoms with Crippen molar-refractivity contribution in [3.63, 3.8) is 0 Å². The summed E-state index contributed by atoms with van der Waals surface area (Å²) < 4.78 is 22.1. The molecule has 1 unspecified atom stereocenters. The Kier molecular flexibility index (Phi) is 5.54. The van der Waals surface area contributed by atoms with E-state index in [0.29, 0.717) is 18.4 Å². The lowest BCUT2D eigenvalue weighted by Gasteiger charge is -2.62. The molecule has 3 fully saturated rings. The van der Waals surface area contributed by atoms with Crippen LogP contribution in [0, 0.1) is 28.6 Å². The van der Waals surface area contributed by atoms with E-state index in [2.05, 4.69) is 0 Å². The topological polar surface area (TPSA) is 101 Å². The molecule has 176 valence electrons. The van der Waals surface area contributed by atoms with Crippen LogP contribution < -0.4 is 0 Å². The normalized spacial score (nSPS) is 47.2. The smallest absolute Gasteiger partial charge is 0.312 e. The van der Waals surface area contributed by atoms with Crippen LogP contribution >= 0.6 is 11.8 Å². The highest BCUT2D eigenvalue weighted by Gasteiger charge is 2.77. The molecule has 4 rings (SSSR count). The Morgan fingerprint density at radius 2 is 2.00 bits per heavy atom. The molecule has 6 nitrogen and oxygen atoms in total. The second-order valence-corrected chi connectivity index (χ2v) is 11.1. The number of Topliss-reactive ketones (excluding diaryl/α,β-unsaturated/α-hetero) is 1. The van der Waals surface area contributed by atoms with Crippen molar-refractivity contribution >= 4 is 29.3 Å². The molecule has 0 aromatic heterocycles. The molecule has 4 aliphatic rings. The Morgan fingerprint density at radius 3 is 2.62 bits per heavy atom. The number of carbonyl (C=O) groups excluding carboxylic acids is 3. The van der Waals surface area contributed by atoms with E-state index in [9.17, 15) is 24.6 Å². The van der Waals surface area contributed by atoms with E-state index in [0.717, 1.165) is 0 Å². The summed E-state index contributed by atoms with van der Waals surface area (Å²) in [6.07, 6.45) is 5.39. The van der Waals surface area contributed by atoms with Crippen molar-refractivity contribution < 1.29 is 33.7 Å². The van der Waals surface area contributed by atoms with Gasteiger partial charge in [-0.25, -0.2) is 4.39 Å². The molecule has 0 aliphatic heterocycles. The van der Waals surface area contributed by atoms with Crippen LogP contribution in [0.3, 0.4) is 0 Å². The quantitative estimate of drug-likeness (QED) is 0.614. The molecule has 0 bridgehead atoms. The lowest BCUT2D eigenvalue weighted by atomic mass is 9.44. The standard InChI is InChI=1S/C24H31FO6S/c1-21-8-7-14(26)9-13(21)5-6-15-16-10-17(20(29)31-3)24(30,19(28)12-32-4)22(16,2)11-18(27)23(15,21)25/h7-9,15-18,27,30H,5-6,10-12H2,1-4H3/t15-,16-,17?,18-,21-,22-,23-,24-/m0/s1. The van der Waals surface area contributed by atoms with Crippen LogP contribution in [0.25, 0.3) is 0 Å². The number of ketones is 2. The number of alkyl halides is 1. The summed E-state index contributed by atoms with van der Waals surface area (Å²) in [5.74, 6) is -3.71. The summed E-state index contributed by atoms with van der Waals surface area (Å²) in [6.45, 7) is 3.41. The Morgan fingerprint density at radius 1 is 1.31 bits per heavy atom. The Bertz CT molecular complexity index is 931. The summed E-state index contributed by atoms with van der Waals surface area (Å²) in [7, 11) is 1.21. The van der Waals surface area contributed by atoms with Gasteiger partial charge in [0.15, 0.2) is 17.2 Å². The molecule has 0 aromatic rings. The Labute approximate surface area is 191 Å². The molecule has 0 heterocycles. The molecule has 3 saturated carbocycles. The van der Waals surface area contributed by atoms with Gasteiger partial charge in [-0.2, -0.15) is 11.8 Å². The first-order chi connectivity index (χ1) is 14.9. The number of fused-ring (bicyclic) bond motifs is 5. The van der Waals surface area contributed by atoms with Gasteiger partial charge in [-0.15, -0.1) is 0 Å². The number of rotatable bonds is 4. The minimum atomic E-state index is -2.09. The molecular formula is C24H31FO6S. The zero-order chi connectivity index (χ0) is 23.7. The van der Waals surface area contributed by atoms with E-state index in [4.69, 9.17) is 4.74 Å². The summed E-state index contributed by atoms with van der Waals surface area (Å²) in [6, 6.07) is 0. The second-order valence-electron chi connectivity index (χ2n) is 10.2. The number of thioether (sulfide) groups is 1. The van der Waals surface area contributed by atoms with Crippen molar-refractivity contribution in [2.45, 2.75) is 56.9 Å². The van der Waals surface area contributed by atoms with E-state index in [1.165, 1.54) is 31.0 Å². The number of halogens is 1. The van der Waals surface area contributed by atoms with Crippen molar-refractivity contribution in [1.29, 1.82) is 0 Å². The number of hydrogen-bond acceptors (Lipinski definition) is 7. The zero-order valence-corrected chi connectivity index (χ0v) is 19.7. The van der Waals surface area contributed by atoms with Crippen LogP contribution in [-0.2, 0) is 19.1 Å². The van der Waals surface area contributed by atoms with Crippen LogP contribution in [0.15, 0.2) is 23.8 Å². The van der Waals surface area contributed by atoms with Crippen LogP contribution in [0.5, 0.6) is 0 Å². The van der Waals surface area contributed by atoms with E-state index >= 15 is 4.39 Å². The molecule has 0 spiro atoms. The van der Waals surface area contributed by atoms with Gasteiger partial charge in [-0.1, -0.05) is 18.6 Å². The molecular weight excluding hydrogens is 435 g/mol. The lowest BCUT2D eigenvalue weighted by molar-refractivity contribution is -0.219. The van der Waals surface area contributed by atoms with E-state index in [1.807, 2.05) is 0 Å². The lowest BCUT2D eigenvalue weighted by Crippen LogP contribution is -2.69. The minimum absolute atomic E-state index is 0.00326. The number of methoxy groups -OCH3 is 1. The van der Waals surface area contributed by atoms with Crippen molar-refractivity contribution in [1.82, 2.24) is 0 Å². The highest BCUT2D eigenvalue weighted by atomic mass is 32.2. The second kappa shape index (κ2) is 7.50. The third-order valence-electron chi connectivity index (χ3n) is 9.08. The maximum atomic E-state index is 17.1. The van der Waals surface area contributed by atoms with E-state index in [1.54, 1.807) is 26.2 Å². The first-order valence-corrected chi connectivity index (χ1v) is 12.4. The fraction of sp³-hybridized carbons (Fsp3) is 0.708. The van der Waals surface area contributed by atoms with Crippen molar-refractivity contribution in [2.75, 3.05) is 19.1 Å². The van der Waals surface area contributed by atoms with E-state index < -0.39 is 57.7 Å². The summed E-state index contributed by atoms with van der Waals surface area (Å²) in [4.78, 5) is 37.9. The van der Waals surface area contributed by atoms with Crippen molar-refractivity contribution in [2.24, 2.45) is 28.6 Å². The fourth-order valence-electron chi connectivity index (χ4n) is 7.42. The Balaban J connectivity index is 1.85. The molecule has 0 radical (unpaired) electrons. The molecule has 32 heavy (non-hydrogen) atoms. The number of allylic oxidation sites excluding steroid dienone is 4. The van der Waals surface area contributed by atoms with Gasteiger partial charge in [0.1, 0.15) is 5.60 Å². The molecule has 0 amide bonds. The number of esters is 1. The number of hydrogen-bond donors (Lipinski definition) is 2. The van der Waals surface area contributed by atoms with Gasteiger partial charge >= 0.3 is 5.97 Å². The van der Waals surface area contributed by atoms with Crippen molar-refractivity contribution in [3.8, 4) is 0 Å². The molecule has 8 atom stereocenters. The zero-order valence-electron chi connectivity index (χ0n) is 18.9. The van der Waals surface area contributed by atoms with Crippen LogP contribution in [0.4, 0.5) is 4.39 Å². The third-order valence-corrected chi connectivity index (χ3v) is 9.63. The largest absolute Gasteiger partial charge is 0.469 e. The number of ether oxygens (including phenoxy) is 1. The highest BCUT2D eigenvalue weighted by molar-refractivity contribution is 7.99. The van der Waals surface area contributed by atoms with E-state index in [-0.39, 0.29) is 24.4 Å². The first kappa shape index (κ1) is 23.6. The summed E-state index contributed by atoms with van der Waals surface area (Å²) in [5.41, 5.74) is -5.85. The van der Waals surface area contributed by atoms with Crippen LogP contribution in [-0.4, -0.2) is 64.2 Å². The average Bonchev–Trinajstić information content (AvgIpc) is 2.98. The molecule has 0 aromatic carbocycles. The van der Waals surface area contributed by atoms with Gasteiger partial charge in [-0.05, 0) is 56.9 Å². The van der Waals surface area contributed by atoms with Gasteiger partial charge in [0.2, 0.25) is 0 Å². The van der Waals surface area contributed by atoms with Gasteiger partial charge in [0.25, 0.3) is 0 Å². The Hall–Kier alpha value is -1.51. The third kappa shape index (κ3) is 2.69. The number of carbonyl (C=O) groups is 3. The fourth-order valence-corrected chi connectivity index (χ4v) is 7.90. The SMILES string of the molecule is COC(=O)C1C[C@H]2[C@@H]3CCC4=CC(=O)C=C[C@]4(C)[C@@]3(F)[C@@H](O)C[C@]2(C)[C@@]1(O)C(=O)CSC. The van der Waals surface area contributed by atoms with Gasteiger partial charge in [0, 0.05) is 16.7 Å². The minimum Gasteiger partial charge on any atom is -0.469 e. The average molecular weight is 467 g/mol. The summed E-state index contributed by atoms with van der Waals surface area (Å²) >= 11 is 1.25. The summed E-state index contributed by atoms with van der Waals surface area (Å²) in [5, 5.41) is 23.2.